The van der Waals surface area contributed by atoms with Crippen molar-refractivity contribution in [2.45, 2.75) is 139 Å². The first-order valence-electron chi connectivity index (χ1n) is 18.4. The molecule has 0 aliphatic carbocycles. The molecule has 508 valence electrons. The highest BCUT2D eigenvalue weighted by Crippen LogP contribution is 2.65. The van der Waals surface area contributed by atoms with Crippen molar-refractivity contribution < 1.29 is 250 Å². The summed E-state index contributed by atoms with van der Waals surface area (Å²) >= 11 is 0. The molecule has 0 saturated heterocycles. The van der Waals surface area contributed by atoms with Crippen LogP contribution >= 0.6 is 0 Å². The number of benzene rings is 1. The summed E-state index contributed by atoms with van der Waals surface area (Å²) in [6, 6.07) is -1.23. The summed E-state index contributed by atoms with van der Waals surface area (Å²) in [5.41, 5.74) is -5.58. The summed E-state index contributed by atoms with van der Waals surface area (Å²) in [6.07, 6.45) is -140. The fourth-order valence-corrected chi connectivity index (χ4v) is 4.83. The highest BCUT2D eigenvalue weighted by atomic mass is 19.5. The zero-order chi connectivity index (χ0) is 70.0. The highest BCUT2D eigenvalue weighted by Gasteiger charge is 2.93. The van der Waals surface area contributed by atoms with Gasteiger partial charge >= 0.3 is 146 Å². The van der Waals surface area contributed by atoms with Crippen LogP contribution in [0.25, 0.3) is 0 Å². The topological polar surface area (TPSA) is 105 Å². The summed E-state index contributed by atoms with van der Waals surface area (Å²) in [4.78, 5) is 0. The van der Waals surface area contributed by atoms with E-state index in [1.165, 1.54) is 0 Å². The second-order valence-corrected chi connectivity index (χ2v) is 15.0. The van der Waals surface area contributed by atoms with E-state index in [1.54, 1.807) is 4.74 Å². The smallest absolute Gasteiger partial charge is 0.423 e. The van der Waals surface area contributed by atoms with Gasteiger partial charge in [-0.05, 0) is 5.46 Å². The van der Waals surface area contributed by atoms with Crippen LogP contribution in [0.3, 0.4) is 0 Å². The molecule has 0 saturated carbocycles. The van der Waals surface area contributed by atoms with Gasteiger partial charge in [0.15, 0.2) is 0 Å². The summed E-state index contributed by atoms with van der Waals surface area (Å²) < 4.78 is 661. The SMILES string of the molecule is OB(O)c1ccccc1C(F)(OC(F)(F)C(F)(OC(F)(F)C(F)(OC(F)(F)C(F)(OC(F)(F)C(F)(OC(F)(F)C(F)(OC(F)(F)C(F)(OC(F)(F)C(F)(F)C(F)(F)F)C(F)(F)F)C(F)(F)F)C(F)(F)F)C(F)(F)F)C(F)(F)F)C(F)(F)F)C(F)(F)F. The zero-order valence-corrected chi connectivity index (χ0v) is 36.9. The van der Waals surface area contributed by atoms with Gasteiger partial charge in [-0.15, -0.1) is 0 Å². The second-order valence-electron chi connectivity index (χ2n) is 15.0. The van der Waals surface area contributed by atoms with E-state index in [1.807, 2.05) is 0 Å². The van der Waals surface area contributed by atoms with Crippen molar-refractivity contribution in [3.8, 4) is 0 Å². The largest absolute Gasteiger partial charge is 0.488 e. The van der Waals surface area contributed by atoms with E-state index < -0.39 is 163 Å². The first kappa shape index (κ1) is 79.6. The van der Waals surface area contributed by atoms with Crippen LogP contribution in [0, 0.1) is 0 Å². The maximum atomic E-state index is 15.3. The van der Waals surface area contributed by atoms with Crippen molar-refractivity contribution in [1.29, 1.82) is 0 Å². The molecule has 1 aromatic carbocycles. The molecule has 0 aromatic heterocycles. The quantitative estimate of drug-likeness (QED) is 0.0819. The van der Waals surface area contributed by atoms with Crippen molar-refractivity contribution >= 4 is 12.6 Å². The molecule has 1 rings (SSSR count). The molecule has 0 fully saturated rings. The van der Waals surface area contributed by atoms with Gasteiger partial charge in [0.1, 0.15) is 0 Å². The fourth-order valence-electron chi connectivity index (χ4n) is 4.83. The Kier molecular flexibility index (Phi) is 20.1. The second kappa shape index (κ2) is 21.7. The molecule has 9 nitrogen and oxygen atoms in total. The predicted molar refractivity (Wildman–Crippen MR) is 158 cm³/mol. The highest BCUT2D eigenvalue weighted by molar-refractivity contribution is 6.59. The van der Waals surface area contributed by atoms with Gasteiger partial charge < -0.3 is 10.0 Å². The third-order valence-electron chi connectivity index (χ3n) is 8.99. The predicted octanol–water partition coefficient (Wildman–Crippen LogP) is 13.9. The van der Waals surface area contributed by atoms with Crippen LogP contribution < -0.4 is 5.46 Å². The third kappa shape index (κ3) is 13.1. The first-order chi connectivity index (χ1) is 36.6. The van der Waals surface area contributed by atoms with Gasteiger partial charge in [-0.25, -0.2) is 0 Å². The van der Waals surface area contributed by atoms with Crippen LogP contribution in [0.2, 0.25) is 0 Å². The van der Waals surface area contributed by atoms with E-state index in [9.17, 15) is 189 Å². The molecule has 0 amide bonds. The Morgan fingerprint density at radius 2 is 0.419 bits per heavy atom. The number of rotatable bonds is 23. The Morgan fingerprint density at radius 3 is 0.593 bits per heavy atom. The lowest BCUT2D eigenvalue weighted by Gasteiger charge is -2.45. The maximum Gasteiger partial charge on any atom is 0.488 e. The van der Waals surface area contributed by atoms with Gasteiger partial charge in [0.25, 0.3) is 0 Å². The van der Waals surface area contributed by atoms with E-state index in [4.69, 9.17) is 10.0 Å². The van der Waals surface area contributed by atoms with Gasteiger partial charge in [-0.1, -0.05) is 24.3 Å². The minimum absolute atomic E-state index is 0.139. The lowest BCUT2D eigenvalue weighted by molar-refractivity contribution is -0.608. The Hall–Kier alpha value is -4.37. The fraction of sp³-hybridized carbons (Fsp3) is 0.793. The van der Waals surface area contributed by atoms with Crippen molar-refractivity contribution in [1.82, 2.24) is 0 Å². The molecule has 7 atom stereocenters. The van der Waals surface area contributed by atoms with Crippen molar-refractivity contribution in [2.24, 2.45) is 0 Å². The molecule has 0 heterocycles. The molecule has 0 radical (unpaired) electrons. The maximum absolute atomic E-state index is 15.3. The number of hydrogen-bond donors (Lipinski definition) is 2. The zero-order valence-electron chi connectivity index (χ0n) is 36.9. The normalized spacial score (nSPS) is 20.4. The van der Waals surface area contributed by atoms with E-state index in [2.05, 4.69) is 0 Å². The summed E-state index contributed by atoms with van der Waals surface area (Å²) in [6.45, 7) is 0. The van der Waals surface area contributed by atoms with Crippen molar-refractivity contribution in [3.05, 3.63) is 29.8 Å². The van der Waals surface area contributed by atoms with Gasteiger partial charge in [-0.3, -0.25) is 33.2 Å². The number of halogens is 47. The van der Waals surface area contributed by atoms with E-state index >= 15 is 17.6 Å². The van der Waals surface area contributed by atoms with Gasteiger partial charge in [-0.2, -0.15) is 206 Å². The molecule has 0 bridgehead atoms. The Morgan fingerprint density at radius 1 is 0.233 bits per heavy atom. The molecule has 0 aliphatic heterocycles. The molecule has 2 N–H and O–H groups in total. The van der Waals surface area contributed by atoms with Gasteiger partial charge in [0, 0.05) is 5.56 Å². The summed E-state index contributed by atoms with van der Waals surface area (Å²) in [5.74, 6) is -75.0. The van der Waals surface area contributed by atoms with E-state index in [0.29, 0.717) is 23.7 Å². The number of hydrogen-bond acceptors (Lipinski definition) is 9. The van der Waals surface area contributed by atoms with E-state index in [0.717, 1.165) is 4.74 Å². The van der Waals surface area contributed by atoms with Crippen LogP contribution in [-0.2, 0) is 39.0 Å². The molecule has 7 unspecified atom stereocenters. The number of ether oxygens (including phenoxy) is 7. The van der Waals surface area contributed by atoms with Crippen LogP contribution in [0.1, 0.15) is 5.56 Å². The molecule has 86 heavy (non-hydrogen) atoms. The van der Waals surface area contributed by atoms with Crippen molar-refractivity contribution in [2.75, 3.05) is 0 Å². The Bertz CT molecular complexity index is 2510. The monoisotopic (exact) mass is 1400 g/mol. The van der Waals surface area contributed by atoms with E-state index in [-0.39, 0.29) is 18.2 Å². The molecule has 0 spiro atoms. The van der Waals surface area contributed by atoms with Crippen LogP contribution in [0.15, 0.2) is 24.3 Å². The minimum atomic E-state index is -10.1. The van der Waals surface area contributed by atoms with Gasteiger partial charge in [0.05, 0.1) is 0 Å². The summed E-state index contributed by atoms with van der Waals surface area (Å²) in [7, 11) is -3.80. The first-order valence-corrected chi connectivity index (χ1v) is 18.4. The molecule has 0 aliphatic rings. The molecule has 57 heteroatoms. The minimum Gasteiger partial charge on any atom is -0.423 e. The standard InChI is InChI=1S/C29H6BF47O9/c31-7(15(40,41)42,5-3-1-2-4-6(5)30(78)79)80-24(66,67)9(34,17(46,47)48)82-26(70,71)11(36,19(52,53)54)84-28(74,75)13(38,21(58,59)60)86-29(76,77)14(39,22(61,62)63)85-27(72,73)12(37,20(55,56)57)83-25(68,69)10(35,18(49,50)51)81-23(64,65)8(32,33)16(43,44)45/h1-4,78-79H. The molecular weight excluding hydrogens is 1400 g/mol. The van der Waals surface area contributed by atoms with Crippen LogP contribution in [0.5, 0.6) is 0 Å². The molecular formula is C29H6BF47O9. The average Bonchev–Trinajstić information content (AvgIpc) is 3.21. The van der Waals surface area contributed by atoms with Gasteiger partial charge in [0.2, 0.25) is 0 Å². The lowest BCUT2D eigenvalue weighted by Crippen LogP contribution is -2.73. The number of alkyl halides is 47. The Balaban J connectivity index is 4.42. The Labute approximate surface area is 432 Å². The molecule has 1 aromatic rings. The van der Waals surface area contributed by atoms with Crippen LogP contribution in [-0.4, -0.2) is 150 Å². The lowest BCUT2D eigenvalue weighted by atomic mass is 9.75. The average molecular weight is 1400 g/mol. The van der Waals surface area contributed by atoms with Crippen molar-refractivity contribution in [3.63, 3.8) is 0 Å². The summed E-state index contributed by atoms with van der Waals surface area (Å²) in [5, 5.41) is 18.1. The third-order valence-corrected chi connectivity index (χ3v) is 8.99. The van der Waals surface area contributed by atoms with Crippen LogP contribution in [0.4, 0.5) is 206 Å².